The van der Waals surface area contributed by atoms with E-state index >= 15 is 0 Å². The van der Waals surface area contributed by atoms with Gasteiger partial charge >= 0.3 is 5.97 Å². The smallest absolute Gasteiger partial charge is 0.326 e. The van der Waals surface area contributed by atoms with E-state index in [4.69, 9.17) is 4.74 Å². The number of aliphatic carboxylic acids is 1. The fraction of sp³-hybridized carbons (Fsp3) is 0.469. The molecule has 0 fully saturated rings. The van der Waals surface area contributed by atoms with Gasteiger partial charge in [-0.15, -0.1) is 0 Å². The Morgan fingerprint density at radius 1 is 0.975 bits per heavy atom. The zero-order valence-electron chi connectivity index (χ0n) is 24.1. The molecule has 2 amide bonds. The summed E-state index contributed by atoms with van der Waals surface area (Å²) < 4.78 is 6.40. The summed E-state index contributed by atoms with van der Waals surface area (Å²) in [6.07, 6.45) is 3.04. The Labute approximate surface area is 237 Å². The largest absolute Gasteiger partial charge is 0.480 e. The third-order valence-electron chi connectivity index (χ3n) is 7.36. The number of benzene rings is 2. The van der Waals surface area contributed by atoms with Gasteiger partial charge in [0, 0.05) is 25.1 Å². The highest BCUT2D eigenvalue weighted by molar-refractivity contribution is 5.96. The summed E-state index contributed by atoms with van der Waals surface area (Å²) in [4.78, 5) is 37.3. The molecule has 216 valence electrons. The van der Waals surface area contributed by atoms with Gasteiger partial charge in [-0.25, -0.2) is 4.79 Å². The molecule has 0 aromatic heterocycles. The Morgan fingerprint density at radius 3 is 2.15 bits per heavy atom. The fourth-order valence-electron chi connectivity index (χ4n) is 5.02. The van der Waals surface area contributed by atoms with Gasteiger partial charge in [-0.3, -0.25) is 9.59 Å². The first-order chi connectivity index (χ1) is 19.1. The highest BCUT2D eigenvalue weighted by atomic mass is 16.5. The minimum atomic E-state index is -1.07. The van der Waals surface area contributed by atoms with Crippen molar-refractivity contribution >= 4 is 17.8 Å². The molecule has 0 aliphatic heterocycles. The van der Waals surface area contributed by atoms with E-state index in [0.29, 0.717) is 18.5 Å². The number of hydrogen-bond acceptors (Lipinski definition) is 5. The number of amides is 2. The first-order valence-electron chi connectivity index (χ1n) is 14.2. The first kappa shape index (κ1) is 31.0. The lowest BCUT2D eigenvalue weighted by molar-refractivity contribution is -0.142. The summed E-state index contributed by atoms with van der Waals surface area (Å²) in [6.45, 7) is 9.58. The molecule has 1 aliphatic carbocycles. The van der Waals surface area contributed by atoms with E-state index in [1.165, 1.54) is 6.92 Å². The number of carboxylic acids is 1. The fourth-order valence-corrected chi connectivity index (χ4v) is 5.02. The number of hydrogen-bond donors (Lipinski definition) is 4. The molecule has 1 aliphatic rings. The number of rotatable bonds is 13. The second kappa shape index (κ2) is 14.8. The number of ether oxygens (including phenoxy) is 1. The van der Waals surface area contributed by atoms with Gasteiger partial charge in [0.1, 0.15) is 6.04 Å². The third kappa shape index (κ3) is 8.50. The van der Waals surface area contributed by atoms with Crippen LogP contribution in [0.15, 0.2) is 66.2 Å². The lowest BCUT2D eigenvalue weighted by Crippen LogP contribution is -2.59. The molecule has 0 saturated carbocycles. The van der Waals surface area contributed by atoms with Crippen LogP contribution >= 0.6 is 0 Å². The van der Waals surface area contributed by atoms with Crippen LogP contribution in [0.2, 0.25) is 0 Å². The normalized spacial score (nSPS) is 19.7. The molecule has 0 spiro atoms. The Hall–Kier alpha value is -3.49. The van der Waals surface area contributed by atoms with Crippen molar-refractivity contribution in [2.45, 2.75) is 90.8 Å². The van der Waals surface area contributed by atoms with Gasteiger partial charge in [0.15, 0.2) is 0 Å². The maximum absolute atomic E-state index is 13.3. The first-order valence-corrected chi connectivity index (χ1v) is 14.2. The summed E-state index contributed by atoms with van der Waals surface area (Å²) in [7, 11) is 0. The average Bonchev–Trinajstić information content (AvgIpc) is 2.94. The van der Waals surface area contributed by atoms with Crippen LogP contribution < -0.4 is 16.0 Å². The second-order valence-corrected chi connectivity index (χ2v) is 10.7. The number of carbonyl (C=O) groups is 3. The summed E-state index contributed by atoms with van der Waals surface area (Å²) in [5.74, 6) is -1.97. The van der Waals surface area contributed by atoms with E-state index < -0.39 is 30.1 Å². The van der Waals surface area contributed by atoms with Crippen molar-refractivity contribution in [1.82, 2.24) is 16.0 Å². The summed E-state index contributed by atoms with van der Waals surface area (Å²) >= 11 is 0. The van der Waals surface area contributed by atoms with Crippen LogP contribution in [-0.2, 0) is 25.7 Å². The van der Waals surface area contributed by atoms with Crippen molar-refractivity contribution in [1.29, 1.82) is 0 Å². The molecule has 0 heterocycles. The molecule has 3 rings (SSSR count). The molecule has 40 heavy (non-hydrogen) atoms. The minimum absolute atomic E-state index is 0.0477. The van der Waals surface area contributed by atoms with Gasteiger partial charge in [0.05, 0.1) is 18.2 Å². The molecule has 4 N–H and O–H groups in total. The maximum Gasteiger partial charge on any atom is 0.326 e. The van der Waals surface area contributed by atoms with Crippen LogP contribution in [0.3, 0.4) is 0 Å². The Kier molecular flexibility index (Phi) is 11.5. The Bertz CT molecular complexity index is 1160. The third-order valence-corrected chi connectivity index (χ3v) is 7.36. The lowest BCUT2D eigenvalue weighted by atomic mass is 9.86. The van der Waals surface area contributed by atoms with Gasteiger partial charge in [0.25, 0.3) is 0 Å². The van der Waals surface area contributed by atoms with Gasteiger partial charge in [-0.05, 0) is 47.9 Å². The average molecular weight is 550 g/mol. The second-order valence-electron chi connectivity index (χ2n) is 10.7. The topological polar surface area (TPSA) is 117 Å². The zero-order chi connectivity index (χ0) is 29.2. The molecule has 8 heteroatoms. The SMILES string of the molecule is CCC(CC)O[C@@H]1C=C(C(=O)N[C@@H](C(=O)O)C(C)C)C[C@H](NCc2ccc(-c3ccccc3)cc2)[C@H]1NC(C)=O. The van der Waals surface area contributed by atoms with Crippen LogP contribution in [-0.4, -0.2) is 53.2 Å². The molecule has 0 radical (unpaired) electrons. The van der Waals surface area contributed by atoms with Gasteiger partial charge < -0.3 is 25.8 Å². The van der Waals surface area contributed by atoms with Crippen LogP contribution in [0.4, 0.5) is 0 Å². The zero-order valence-corrected chi connectivity index (χ0v) is 24.1. The molecule has 2 aromatic carbocycles. The van der Waals surface area contributed by atoms with Crippen LogP contribution in [0.25, 0.3) is 11.1 Å². The standard InChI is InChI=1S/C32H43N3O5/c1-6-26(7-2)40-28-18-25(31(37)35-29(20(3)4)32(38)39)17-27(30(28)34-21(5)36)33-19-22-13-15-24(16-14-22)23-11-9-8-10-12-23/h8-16,18,20,26-30,33H,6-7,17,19H2,1-5H3,(H,34,36)(H,35,37)(H,38,39)/t27-,28+,29+,30+/m0/s1. The Balaban J connectivity index is 1.85. The van der Waals surface area contributed by atoms with E-state index in [1.807, 2.05) is 32.0 Å². The van der Waals surface area contributed by atoms with Gasteiger partial charge in [-0.1, -0.05) is 82.3 Å². The van der Waals surface area contributed by atoms with E-state index in [2.05, 4.69) is 52.3 Å². The quantitative estimate of drug-likeness (QED) is 0.293. The minimum Gasteiger partial charge on any atom is -0.480 e. The molecule has 8 nitrogen and oxygen atoms in total. The van der Waals surface area contributed by atoms with Crippen molar-refractivity contribution in [3.8, 4) is 11.1 Å². The predicted molar refractivity (Wildman–Crippen MR) is 156 cm³/mol. The summed E-state index contributed by atoms with van der Waals surface area (Å²) in [6, 6.07) is 16.7. The van der Waals surface area contributed by atoms with Crippen LogP contribution in [0.5, 0.6) is 0 Å². The van der Waals surface area contributed by atoms with Crippen LogP contribution in [0.1, 0.15) is 59.4 Å². The van der Waals surface area contributed by atoms with E-state index in [-0.39, 0.29) is 24.0 Å². The maximum atomic E-state index is 13.3. The Morgan fingerprint density at radius 2 is 1.60 bits per heavy atom. The van der Waals surface area contributed by atoms with Crippen molar-refractivity contribution in [3.63, 3.8) is 0 Å². The lowest BCUT2D eigenvalue weighted by Gasteiger charge is -2.39. The van der Waals surface area contributed by atoms with Crippen molar-refractivity contribution < 1.29 is 24.2 Å². The molecular formula is C32H43N3O5. The summed E-state index contributed by atoms with van der Waals surface area (Å²) in [5.41, 5.74) is 3.77. The molecular weight excluding hydrogens is 506 g/mol. The van der Waals surface area contributed by atoms with Crippen LogP contribution in [0, 0.1) is 5.92 Å². The number of carboxylic acid groups (broad SMARTS) is 1. The molecule has 0 saturated heterocycles. The van der Waals surface area contributed by atoms with E-state index in [1.54, 1.807) is 19.9 Å². The van der Waals surface area contributed by atoms with E-state index in [0.717, 1.165) is 29.5 Å². The highest BCUT2D eigenvalue weighted by Crippen LogP contribution is 2.26. The number of carbonyl (C=O) groups excluding carboxylic acids is 2. The highest BCUT2D eigenvalue weighted by Gasteiger charge is 2.38. The monoisotopic (exact) mass is 549 g/mol. The molecule has 0 unspecified atom stereocenters. The van der Waals surface area contributed by atoms with Gasteiger partial charge in [-0.2, -0.15) is 0 Å². The molecule has 4 atom stereocenters. The molecule has 2 aromatic rings. The summed E-state index contributed by atoms with van der Waals surface area (Å²) in [5, 5.41) is 18.9. The molecule has 0 bridgehead atoms. The van der Waals surface area contributed by atoms with Crippen molar-refractivity contribution in [2.24, 2.45) is 5.92 Å². The van der Waals surface area contributed by atoms with E-state index in [9.17, 15) is 19.5 Å². The van der Waals surface area contributed by atoms with Gasteiger partial charge in [0.2, 0.25) is 11.8 Å². The predicted octanol–water partition coefficient (Wildman–Crippen LogP) is 4.45. The number of nitrogens with one attached hydrogen (secondary N) is 3. The van der Waals surface area contributed by atoms with Crippen molar-refractivity contribution in [2.75, 3.05) is 0 Å². The van der Waals surface area contributed by atoms with Crippen molar-refractivity contribution in [3.05, 3.63) is 71.8 Å².